The first-order valence-electron chi connectivity index (χ1n) is 5.92. The lowest BCUT2D eigenvalue weighted by Gasteiger charge is -2.17. The van der Waals surface area contributed by atoms with Gasteiger partial charge in [0.15, 0.2) is 0 Å². The van der Waals surface area contributed by atoms with Crippen LogP contribution in [-0.4, -0.2) is 15.8 Å². The van der Waals surface area contributed by atoms with Crippen molar-refractivity contribution >= 4 is 15.9 Å². The third-order valence-corrected chi connectivity index (χ3v) is 3.82. The zero-order valence-corrected chi connectivity index (χ0v) is 12.5. The average molecular weight is 298 g/mol. The Morgan fingerprint density at radius 1 is 1.53 bits per heavy atom. The van der Waals surface area contributed by atoms with Gasteiger partial charge in [-0.2, -0.15) is 5.10 Å². The molecule has 0 aliphatic carbocycles. The lowest BCUT2D eigenvalue weighted by molar-refractivity contribution is 0.461. The Balaban J connectivity index is 2.79. The van der Waals surface area contributed by atoms with Crippen LogP contribution < -0.4 is 5.32 Å². The normalized spacial score (nSPS) is 12.8. The van der Waals surface area contributed by atoms with E-state index < -0.39 is 0 Å². The molecule has 0 saturated heterocycles. The first-order chi connectivity index (χ1) is 8.01. The number of nitrogens with zero attached hydrogens (tertiary/aromatic N) is 2. The van der Waals surface area contributed by atoms with Gasteiger partial charge < -0.3 is 0 Å². The topological polar surface area (TPSA) is 29.9 Å². The van der Waals surface area contributed by atoms with Crippen molar-refractivity contribution in [1.82, 2.24) is 15.1 Å². The summed E-state index contributed by atoms with van der Waals surface area (Å²) < 4.78 is 3.08. The van der Waals surface area contributed by atoms with Crippen LogP contribution in [0.1, 0.15) is 32.2 Å². The van der Waals surface area contributed by atoms with Crippen molar-refractivity contribution in [2.45, 2.75) is 46.8 Å². The van der Waals surface area contributed by atoms with Crippen molar-refractivity contribution in [2.75, 3.05) is 0 Å². The van der Waals surface area contributed by atoms with E-state index in [1.54, 1.807) is 0 Å². The second-order valence-corrected chi connectivity index (χ2v) is 5.22. The van der Waals surface area contributed by atoms with Crippen LogP contribution in [0.4, 0.5) is 0 Å². The van der Waals surface area contributed by atoms with Crippen molar-refractivity contribution < 1.29 is 0 Å². The molecule has 0 aliphatic rings. The third-order valence-electron chi connectivity index (χ3n) is 2.79. The average Bonchev–Trinajstić information content (AvgIpc) is 2.56. The molecule has 1 atom stereocenters. The van der Waals surface area contributed by atoms with Crippen LogP contribution in [0.3, 0.4) is 0 Å². The number of aryl methyl sites for hydroxylation is 2. The highest BCUT2D eigenvalue weighted by molar-refractivity contribution is 9.10. The molecule has 0 bridgehead atoms. The van der Waals surface area contributed by atoms with Crippen molar-refractivity contribution in [3.8, 4) is 12.3 Å². The van der Waals surface area contributed by atoms with E-state index in [2.05, 4.69) is 53.0 Å². The molecule has 1 N–H and O–H groups in total. The summed E-state index contributed by atoms with van der Waals surface area (Å²) in [5.41, 5.74) is 2.18. The van der Waals surface area contributed by atoms with Crippen LogP contribution in [0.25, 0.3) is 0 Å². The molecule has 0 amide bonds. The van der Waals surface area contributed by atoms with E-state index >= 15 is 0 Å². The van der Waals surface area contributed by atoms with Crippen molar-refractivity contribution in [3.63, 3.8) is 0 Å². The summed E-state index contributed by atoms with van der Waals surface area (Å²) in [4.78, 5) is 0. The van der Waals surface area contributed by atoms with Gasteiger partial charge in [-0.15, -0.1) is 6.42 Å². The van der Waals surface area contributed by atoms with Gasteiger partial charge in [0.05, 0.1) is 21.9 Å². The summed E-state index contributed by atoms with van der Waals surface area (Å²) in [6, 6.07) is 0.0995. The maximum absolute atomic E-state index is 5.51. The second kappa shape index (κ2) is 6.23. The first-order valence-corrected chi connectivity index (χ1v) is 6.71. The highest BCUT2D eigenvalue weighted by Crippen LogP contribution is 2.21. The summed E-state index contributed by atoms with van der Waals surface area (Å²) in [6.45, 7) is 9.93. The van der Waals surface area contributed by atoms with Crippen LogP contribution in [-0.2, 0) is 13.1 Å². The molecule has 1 aromatic rings. The van der Waals surface area contributed by atoms with Gasteiger partial charge in [0.25, 0.3) is 0 Å². The molecule has 1 unspecified atom stereocenters. The fraction of sp³-hybridized carbons (Fsp3) is 0.615. The smallest absolute Gasteiger partial charge is 0.0739 e. The van der Waals surface area contributed by atoms with Gasteiger partial charge in [-0.3, -0.25) is 10.00 Å². The number of halogens is 1. The molecule has 0 saturated carbocycles. The molecule has 4 heteroatoms. The molecule has 1 rings (SSSR count). The van der Waals surface area contributed by atoms with Gasteiger partial charge in [-0.05, 0) is 35.7 Å². The lowest BCUT2D eigenvalue weighted by atomic mass is 10.1. The van der Waals surface area contributed by atoms with Crippen LogP contribution in [0.5, 0.6) is 0 Å². The molecule has 0 spiro atoms. The van der Waals surface area contributed by atoms with E-state index in [-0.39, 0.29) is 6.04 Å². The molecule has 0 aromatic carbocycles. The van der Waals surface area contributed by atoms with E-state index in [0.717, 1.165) is 29.0 Å². The molecule has 3 nitrogen and oxygen atoms in total. The van der Waals surface area contributed by atoms with Gasteiger partial charge >= 0.3 is 0 Å². The number of hydrogen-bond acceptors (Lipinski definition) is 2. The quantitative estimate of drug-likeness (QED) is 0.847. The minimum absolute atomic E-state index is 0.0995. The predicted octanol–water partition coefficient (Wildman–Crippen LogP) is 2.72. The van der Waals surface area contributed by atoms with Gasteiger partial charge in [0.2, 0.25) is 0 Å². The van der Waals surface area contributed by atoms with Crippen LogP contribution >= 0.6 is 15.9 Å². The Labute approximate surface area is 112 Å². The van der Waals surface area contributed by atoms with E-state index in [0.29, 0.717) is 5.92 Å². The highest BCUT2D eigenvalue weighted by atomic mass is 79.9. The number of terminal acetylenes is 1. The summed E-state index contributed by atoms with van der Waals surface area (Å²) in [5, 5.41) is 7.84. The van der Waals surface area contributed by atoms with Crippen LogP contribution in [0.15, 0.2) is 4.47 Å². The maximum Gasteiger partial charge on any atom is 0.0739 e. The largest absolute Gasteiger partial charge is 0.298 e. The number of hydrogen-bond donors (Lipinski definition) is 1. The van der Waals surface area contributed by atoms with Gasteiger partial charge in [0.1, 0.15) is 0 Å². The molecule has 1 aromatic heterocycles. The van der Waals surface area contributed by atoms with E-state index in [4.69, 9.17) is 6.42 Å². The summed E-state index contributed by atoms with van der Waals surface area (Å²) in [6.07, 6.45) is 5.51. The fourth-order valence-electron chi connectivity index (χ4n) is 1.73. The molecule has 0 radical (unpaired) electrons. The van der Waals surface area contributed by atoms with Gasteiger partial charge in [-0.1, -0.05) is 19.8 Å². The molecular weight excluding hydrogens is 278 g/mol. The Hall–Kier alpha value is -0.790. The molecule has 94 valence electrons. The fourth-order valence-corrected chi connectivity index (χ4v) is 2.16. The molecule has 0 aliphatic heterocycles. The zero-order chi connectivity index (χ0) is 13.0. The monoisotopic (exact) mass is 297 g/mol. The minimum atomic E-state index is 0.0995. The molecule has 17 heavy (non-hydrogen) atoms. The van der Waals surface area contributed by atoms with Crippen molar-refractivity contribution in [3.05, 3.63) is 15.9 Å². The minimum Gasteiger partial charge on any atom is -0.298 e. The van der Waals surface area contributed by atoms with E-state index in [1.807, 2.05) is 11.6 Å². The predicted molar refractivity (Wildman–Crippen MR) is 74.6 cm³/mol. The Morgan fingerprint density at radius 2 is 2.18 bits per heavy atom. The SMILES string of the molecule is C#CC(NCc1c(Br)c(C)nn1CC)C(C)C. The highest BCUT2D eigenvalue weighted by Gasteiger charge is 2.14. The Kier molecular flexibility index (Phi) is 5.23. The van der Waals surface area contributed by atoms with Crippen LogP contribution in [0.2, 0.25) is 0 Å². The van der Waals surface area contributed by atoms with Gasteiger partial charge in [-0.25, -0.2) is 0 Å². The maximum atomic E-state index is 5.51. The Morgan fingerprint density at radius 3 is 2.65 bits per heavy atom. The van der Waals surface area contributed by atoms with Gasteiger partial charge in [0, 0.05) is 13.1 Å². The van der Waals surface area contributed by atoms with Crippen LogP contribution in [0, 0.1) is 25.2 Å². The molecule has 0 fully saturated rings. The lowest BCUT2D eigenvalue weighted by Crippen LogP contribution is -2.32. The summed E-state index contributed by atoms with van der Waals surface area (Å²) >= 11 is 3.58. The zero-order valence-electron chi connectivity index (χ0n) is 10.9. The van der Waals surface area contributed by atoms with E-state index in [9.17, 15) is 0 Å². The van der Waals surface area contributed by atoms with E-state index in [1.165, 1.54) is 0 Å². The molecule has 1 heterocycles. The van der Waals surface area contributed by atoms with Crippen molar-refractivity contribution in [2.24, 2.45) is 5.92 Å². The summed E-state index contributed by atoms with van der Waals surface area (Å²) in [7, 11) is 0. The standard InChI is InChI=1S/C13H20BrN3/c1-6-11(9(3)4)15-8-12-13(14)10(5)16-17(12)7-2/h1,9,11,15H,7-8H2,2-5H3. The number of nitrogens with one attached hydrogen (secondary N) is 1. The number of aromatic nitrogens is 2. The second-order valence-electron chi connectivity index (χ2n) is 4.43. The molecular formula is C13H20BrN3. The number of rotatable bonds is 5. The third kappa shape index (κ3) is 3.34. The van der Waals surface area contributed by atoms with Crippen molar-refractivity contribution in [1.29, 1.82) is 0 Å². The first kappa shape index (κ1) is 14.3. The summed E-state index contributed by atoms with van der Waals surface area (Å²) in [5.74, 6) is 3.21. The Bertz CT molecular complexity index is 415.